The Morgan fingerprint density at radius 2 is 2.36 bits per heavy atom. The lowest BCUT2D eigenvalue weighted by Gasteiger charge is -2.00. The number of aromatic nitrogens is 1. The molecule has 3 heteroatoms. The third kappa shape index (κ3) is 0.719. The minimum absolute atomic E-state index is 0.509. The van der Waals surface area contributed by atoms with Gasteiger partial charge in [0, 0.05) is 23.7 Å². The molecule has 3 fully saturated rings. The molecule has 1 saturated heterocycles. The van der Waals surface area contributed by atoms with Gasteiger partial charge in [-0.25, -0.2) is 4.98 Å². The van der Waals surface area contributed by atoms with Crippen LogP contribution in [0.25, 0.3) is 0 Å². The molecule has 3 aliphatic rings. The van der Waals surface area contributed by atoms with Crippen LogP contribution in [-0.2, 0) is 0 Å². The van der Waals surface area contributed by atoms with E-state index in [1.165, 1.54) is 18.4 Å². The molecule has 2 heterocycles. The summed E-state index contributed by atoms with van der Waals surface area (Å²) in [6.07, 6.45) is 4.71. The summed E-state index contributed by atoms with van der Waals surface area (Å²) in [5, 5.41) is 4.22. The predicted molar refractivity (Wildman–Crippen MR) is 54.4 cm³/mol. The summed E-state index contributed by atoms with van der Waals surface area (Å²) < 4.78 is 0. The molecule has 4 rings (SSSR count). The number of halogens is 1. The minimum Gasteiger partial charge on any atom is -0.304 e. The van der Waals surface area contributed by atoms with E-state index < -0.39 is 0 Å². The van der Waals surface area contributed by atoms with Gasteiger partial charge in [0.25, 0.3) is 0 Å². The van der Waals surface area contributed by atoms with E-state index in [-0.39, 0.29) is 0 Å². The van der Waals surface area contributed by atoms with Crippen molar-refractivity contribution >= 4 is 11.6 Å². The molecule has 4 unspecified atom stereocenters. The van der Waals surface area contributed by atoms with E-state index in [0.29, 0.717) is 10.7 Å². The molecular weight excluding hydrogens is 196 g/mol. The van der Waals surface area contributed by atoms with Crippen molar-refractivity contribution < 1.29 is 0 Å². The molecule has 1 spiro atoms. The number of hydrogen-bond donors (Lipinski definition) is 1. The zero-order valence-corrected chi connectivity index (χ0v) is 8.46. The van der Waals surface area contributed by atoms with Crippen LogP contribution in [0.5, 0.6) is 0 Å². The SMILES string of the molecule is Clc1ccc(C2C3CCC4NC432)cn1. The standard InChI is InChI=1S/C11H11ClN2/c12-9-4-1-6(5-13-9)10-7-2-3-8-11(7,10)14-8/h1,4-5,7-8,10,14H,2-3H2. The number of pyridine rings is 1. The Morgan fingerprint density at radius 3 is 2.93 bits per heavy atom. The second-order valence-electron chi connectivity index (χ2n) is 4.71. The van der Waals surface area contributed by atoms with E-state index in [2.05, 4.69) is 16.4 Å². The summed E-state index contributed by atoms with van der Waals surface area (Å²) in [6.45, 7) is 0. The molecule has 4 atom stereocenters. The Kier molecular flexibility index (Phi) is 1.17. The molecule has 0 radical (unpaired) electrons. The van der Waals surface area contributed by atoms with Gasteiger partial charge in [-0.05, 0) is 30.4 Å². The second kappa shape index (κ2) is 2.15. The van der Waals surface area contributed by atoms with Gasteiger partial charge in [-0.3, -0.25) is 0 Å². The van der Waals surface area contributed by atoms with E-state index in [4.69, 9.17) is 11.6 Å². The highest BCUT2D eigenvalue weighted by atomic mass is 35.5. The Hall–Kier alpha value is -0.600. The molecule has 2 aliphatic carbocycles. The molecule has 72 valence electrons. The summed E-state index contributed by atoms with van der Waals surface area (Å²) in [7, 11) is 0. The average Bonchev–Trinajstić information content (AvgIpc) is 3.04. The van der Waals surface area contributed by atoms with Crippen LogP contribution in [0.4, 0.5) is 0 Å². The maximum atomic E-state index is 5.78. The first-order valence-corrected chi connectivity index (χ1v) is 5.59. The molecule has 1 N–H and O–H groups in total. The summed E-state index contributed by atoms with van der Waals surface area (Å²) in [4.78, 5) is 4.15. The molecule has 1 aromatic rings. The molecule has 2 saturated carbocycles. The van der Waals surface area contributed by atoms with E-state index in [0.717, 1.165) is 17.9 Å². The topological polar surface area (TPSA) is 34.8 Å². The third-order valence-corrected chi connectivity index (χ3v) is 4.44. The summed E-state index contributed by atoms with van der Waals surface area (Å²) in [5.41, 5.74) is 1.88. The van der Waals surface area contributed by atoms with Gasteiger partial charge >= 0.3 is 0 Å². The van der Waals surface area contributed by atoms with Crippen LogP contribution in [0.1, 0.15) is 24.3 Å². The van der Waals surface area contributed by atoms with Gasteiger partial charge in [0.1, 0.15) is 5.15 Å². The Labute approximate surface area is 87.7 Å². The monoisotopic (exact) mass is 206 g/mol. The molecule has 0 bridgehead atoms. The van der Waals surface area contributed by atoms with Gasteiger partial charge in [0.15, 0.2) is 0 Å². The van der Waals surface area contributed by atoms with Crippen LogP contribution in [0.3, 0.4) is 0 Å². The van der Waals surface area contributed by atoms with Crippen molar-refractivity contribution in [2.75, 3.05) is 0 Å². The molecule has 0 amide bonds. The summed E-state index contributed by atoms with van der Waals surface area (Å²) in [6, 6.07) is 4.84. The van der Waals surface area contributed by atoms with Gasteiger partial charge in [-0.1, -0.05) is 17.7 Å². The maximum Gasteiger partial charge on any atom is 0.129 e. The number of piperidine rings is 1. The van der Waals surface area contributed by atoms with E-state index in [9.17, 15) is 0 Å². The van der Waals surface area contributed by atoms with Gasteiger partial charge in [-0.15, -0.1) is 0 Å². The van der Waals surface area contributed by atoms with E-state index in [1.807, 2.05) is 12.3 Å². The first-order valence-electron chi connectivity index (χ1n) is 5.21. The predicted octanol–water partition coefficient (Wildman–Crippen LogP) is 1.95. The fourth-order valence-corrected chi connectivity index (χ4v) is 3.67. The molecule has 0 aromatic carbocycles. The number of nitrogens with one attached hydrogen (secondary N) is 1. The van der Waals surface area contributed by atoms with Crippen molar-refractivity contribution in [1.29, 1.82) is 0 Å². The van der Waals surface area contributed by atoms with Gasteiger partial charge < -0.3 is 5.32 Å². The lowest BCUT2D eigenvalue weighted by Crippen LogP contribution is -1.95. The smallest absolute Gasteiger partial charge is 0.129 e. The zero-order chi connectivity index (χ0) is 9.34. The number of rotatable bonds is 1. The highest BCUT2D eigenvalue weighted by Crippen LogP contribution is 2.73. The van der Waals surface area contributed by atoms with Crippen LogP contribution in [0, 0.1) is 5.92 Å². The fourth-order valence-electron chi connectivity index (χ4n) is 3.56. The molecule has 14 heavy (non-hydrogen) atoms. The molecular formula is C11H11ClN2. The minimum atomic E-state index is 0.509. The highest BCUT2D eigenvalue weighted by molar-refractivity contribution is 6.29. The lowest BCUT2D eigenvalue weighted by atomic mass is 10.1. The van der Waals surface area contributed by atoms with E-state index in [1.54, 1.807) is 0 Å². The third-order valence-electron chi connectivity index (χ3n) is 4.21. The van der Waals surface area contributed by atoms with Gasteiger partial charge in [0.05, 0.1) is 0 Å². The van der Waals surface area contributed by atoms with E-state index >= 15 is 0 Å². The average molecular weight is 207 g/mol. The second-order valence-corrected chi connectivity index (χ2v) is 5.09. The number of hydrogen-bond acceptors (Lipinski definition) is 2. The van der Waals surface area contributed by atoms with Crippen molar-refractivity contribution in [2.45, 2.75) is 30.3 Å². The largest absolute Gasteiger partial charge is 0.304 e. The molecule has 2 nitrogen and oxygen atoms in total. The fraction of sp³-hybridized carbons (Fsp3) is 0.545. The van der Waals surface area contributed by atoms with Crippen molar-refractivity contribution in [3.05, 3.63) is 29.0 Å². The van der Waals surface area contributed by atoms with Crippen LogP contribution in [0.15, 0.2) is 18.3 Å². The van der Waals surface area contributed by atoms with Crippen molar-refractivity contribution in [1.82, 2.24) is 10.3 Å². The lowest BCUT2D eigenvalue weighted by molar-refractivity contribution is 0.671. The van der Waals surface area contributed by atoms with Crippen LogP contribution in [0.2, 0.25) is 5.15 Å². The summed E-state index contributed by atoms with van der Waals surface area (Å²) >= 11 is 5.78. The van der Waals surface area contributed by atoms with Crippen LogP contribution in [-0.4, -0.2) is 16.6 Å². The Bertz CT molecular complexity index is 402. The van der Waals surface area contributed by atoms with Gasteiger partial charge in [0.2, 0.25) is 0 Å². The Balaban J connectivity index is 1.70. The zero-order valence-electron chi connectivity index (χ0n) is 7.70. The maximum absolute atomic E-state index is 5.78. The molecule has 1 aromatic heterocycles. The Morgan fingerprint density at radius 1 is 1.43 bits per heavy atom. The first-order chi connectivity index (χ1) is 6.82. The first kappa shape index (κ1) is 7.66. The highest BCUT2D eigenvalue weighted by Gasteiger charge is 2.81. The van der Waals surface area contributed by atoms with Gasteiger partial charge in [-0.2, -0.15) is 0 Å². The van der Waals surface area contributed by atoms with Crippen LogP contribution >= 0.6 is 11.6 Å². The number of nitrogens with zero attached hydrogens (tertiary/aromatic N) is 1. The molecule has 1 aliphatic heterocycles. The quantitative estimate of drug-likeness (QED) is 0.563. The summed E-state index contributed by atoms with van der Waals surface area (Å²) in [5.74, 6) is 1.61. The van der Waals surface area contributed by atoms with Crippen molar-refractivity contribution in [3.63, 3.8) is 0 Å². The van der Waals surface area contributed by atoms with Crippen molar-refractivity contribution in [3.8, 4) is 0 Å². The van der Waals surface area contributed by atoms with Crippen molar-refractivity contribution in [2.24, 2.45) is 5.92 Å². The van der Waals surface area contributed by atoms with Crippen LogP contribution < -0.4 is 5.32 Å². The normalized spacial score (nSPS) is 47.1.